The van der Waals surface area contributed by atoms with Crippen LogP contribution in [-0.2, 0) is 9.53 Å². The maximum atomic E-state index is 12.8. The van der Waals surface area contributed by atoms with Crippen molar-refractivity contribution in [3.05, 3.63) is 86.6 Å². The van der Waals surface area contributed by atoms with Crippen LogP contribution in [0.4, 0.5) is 5.69 Å². The Balaban J connectivity index is 1.72. The van der Waals surface area contributed by atoms with E-state index in [1.54, 1.807) is 60.8 Å². The average molecular weight is 414 g/mol. The van der Waals surface area contributed by atoms with Gasteiger partial charge in [0.25, 0.3) is 5.91 Å². The van der Waals surface area contributed by atoms with Gasteiger partial charge in [0.1, 0.15) is 4.88 Å². The Kier molecular flexibility index (Phi) is 6.23. The summed E-state index contributed by atoms with van der Waals surface area (Å²) in [5, 5.41) is 4.76. The van der Waals surface area contributed by atoms with Crippen LogP contribution in [0, 0.1) is 6.92 Å². The van der Waals surface area contributed by atoms with Gasteiger partial charge in [-0.25, -0.2) is 4.79 Å². The highest BCUT2D eigenvalue weighted by atomic mass is 35.5. The molecule has 0 unspecified atom stereocenters. The van der Waals surface area contributed by atoms with Crippen molar-refractivity contribution in [1.82, 2.24) is 0 Å². The van der Waals surface area contributed by atoms with E-state index in [-0.39, 0.29) is 11.3 Å². The van der Waals surface area contributed by atoms with Crippen molar-refractivity contribution < 1.29 is 19.1 Å². The van der Waals surface area contributed by atoms with Crippen LogP contribution < -0.4 is 5.32 Å². The lowest BCUT2D eigenvalue weighted by Gasteiger charge is -2.11. The van der Waals surface area contributed by atoms with Crippen LogP contribution in [0.15, 0.2) is 60.0 Å². The first kappa shape index (κ1) is 19.8. The van der Waals surface area contributed by atoms with E-state index in [2.05, 4.69) is 5.32 Å². The zero-order valence-electron chi connectivity index (χ0n) is 14.9. The molecule has 0 atom stereocenters. The first-order valence-electron chi connectivity index (χ1n) is 8.36. The number of carbonyl (C=O) groups is 3. The zero-order valence-corrected chi connectivity index (χ0v) is 16.5. The molecule has 3 rings (SSSR count). The molecule has 0 bridgehead atoms. The fraction of sp³-hybridized carbons (Fsp3) is 0.0952. The molecule has 0 aliphatic rings. The normalized spacial score (nSPS) is 10.4. The molecule has 0 saturated heterocycles. The summed E-state index contributed by atoms with van der Waals surface area (Å²) in [4.78, 5) is 37.5. The molecule has 142 valence electrons. The summed E-state index contributed by atoms with van der Waals surface area (Å²) < 4.78 is 5.06. The number of amides is 1. The number of hydrogen-bond donors (Lipinski definition) is 1. The second-order valence-electron chi connectivity index (χ2n) is 5.94. The molecule has 28 heavy (non-hydrogen) atoms. The predicted molar refractivity (Wildman–Crippen MR) is 109 cm³/mol. The SMILES string of the molecule is Cc1ccsc1C(=O)OCC(=O)Nc1ccc(Cl)cc1C(=O)c1ccccc1. The zero-order chi connectivity index (χ0) is 20.1. The number of carbonyl (C=O) groups excluding carboxylic acids is 3. The Labute approximate surface area is 170 Å². The number of aryl methyl sites for hydroxylation is 1. The number of halogens is 1. The van der Waals surface area contributed by atoms with Gasteiger partial charge in [-0.1, -0.05) is 41.9 Å². The van der Waals surface area contributed by atoms with Crippen LogP contribution in [0.1, 0.15) is 31.2 Å². The van der Waals surface area contributed by atoms with Crippen molar-refractivity contribution in [2.45, 2.75) is 6.92 Å². The number of nitrogens with one attached hydrogen (secondary N) is 1. The summed E-state index contributed by atoms with van der Waals surface area (Å²) in [6.45, 7) is 1.33. The van der Waals surface area contributed by atoms with E-state index in [1.165, 1.54) is 17.4 Å². The minimum Gasteiger partial charge on any atom is -0.451 e. The van der Waals surface area contributed by atoms with E-state index < -0.39 is 18.5 Å². The molecule has 0 spiro atoms. The monoisotopic (exact) mass is 413 g/mol. The number of benzene rings is 2. The first-order valence-corrected chi connectivity index (χ1v) is 9.62. The molecule has 2 aromatic carbocycles. The standard InChI is InChI=1S/C21H16ClNO4S/c1-13-9-10-28-20(13)21(26)27-12-18(24)23-17-8-7-15(22)11-16(17)19(25)14-5-3-2-4-6-14/h2-11H,12H2,1H3,(H,23,24). The van der Waals surface area contributed by atoms with E-state index in [0.29, 0.717) is 21.2 Å². The number of ether oxygens (including phenoxy) is 1. The molecule has 1 N–H and O–H groups in total. The van der Waals surface area contributed by atoms with Gasteiger partial charge in [0.05, 0.1) is 5.69 Å². The highest BCUT2D eigenvalue weighted by molar-refractivity contribution is 7.12. The van der Waals surface area contributed by atoms with Gasteiger partial charge in [0, 0.05) is 16.1 Å². The van der Waals surface area contributed by atoms with Gasteiger partial charge in [-0.3, -0.25) is 9.59 Å². The molecule has 0 saturated carbocycles. The maximum Gasteiger partial charge on any atom is 0.349 e. The summed E-state index contributed by atoms with van der Waals surface area (Å²) >= 11 is 7.28. The number of thiophene rings is 1. The molecule has 0 fully saturated rings. The molecule has 7 heteroatoms. The van der Waals surface area contributed by atoms with Crippen molar-refractivity contribution in [2.24, 2.45) is 0 Å². The van der Waals surface area contributed by atoms with Crippen molar-refractivity contribution in [3.8, 4) is 0 Å². The molecule has 1 heterocycles. The van der Waals surface area contributed by atoms with Crippen LogP contribution in [0.5, 0.6) is 0 Å². The molecule has 1 aromatic heterocycles. The Morgan fingerprint density at radius 2 is 1.82 bits per heavy atom. The Hall–Kier alpha value is -2.96. The summed E-state index contributed by atoms with van der Waals surface area (Å²) in [5.74, 6) is -1.38. The Morgan fingerprint density at radius 3 is 2.50 bits per heavy atom. The van der Waals surface area contributed by atoms with Gasteiger partial charge in [-0.2, -0.15) is 0 Å². The van der Waals surface area contributed by atoms with Crippen molar-refractivity contribution in [1.29, 1.82) is 0 Å². The Morgan fingerprint density at radius 1 is 1.07 bits per heavy atom. The van der Waals surface area contributed by atoms with Gasteiger partial charge in [0.2, 0.25) is 0 Å². The van der Waals surface area contributed by atoms with Crippen LogP contribution >= 0.6 is 22.9 Å². The summed E-state index contributed by atoms with van der Waals surface area (Å²) in [5.41, 5.74) is 1.82. The number of anilines is 1. The third-order valence-corrected chi connectivity index (χ3v) is 5.15. The molecule has 3 aromatic rings. The number of esters is 1. The van der Waals surface area contributed by atoms with Gasteiger partial charge in [-0.15, -0.1) is 11.3 Å². The molecule has 1 amide bonds. The van der Waals surface area contributed by atoms with Crippen LogP contribution in [0.2, 0.25) is 5.02 Å². The fourth-order valence-corrected chi connectivity index (χ4v) is 3.51. The lowest BCUT2D eigenvalue weighted by Crippen LogP contribution is -2.22. The summed E-state index contributed by atoms with van der Waals surface area (Å²) in [6.07, 6.45) is 0. The van der Waals surface area contributed by atoms with E-state index >= 15 is 0 Å². The second-order valence-corrected chi connectivity index (χ2v) is 7.29. The van der Waals surface area contributed by atoms with E-state index in [9.17, 15) is 14.4 Å². The predicted octanol–water partition coefficient (Wildman–Crippen LogP) is 4.74. The highest BCUT2D eigenvalue weighted by Gasteiger charge is 2.18. The van der Waals surface area contributed by atoms with Crippen LogP contribution in [0.3, 0.4) is 0 Å². The number of hydrogen-bond acceptors (Lipinski definition) is 5. The first-order chi connectivity index (χ1) is 13.5. The third-order valence-electron chi connectivity index (χ3n) is 3.92. The summed E-state index contributed by atoms with van der Waals surface area (Å²) in [7, 11) is 0. The second kappa shape index (κ2) is 8.82. The molecule has 0 radical (unpaired) electrons. The fourth-order valence-electron chi connectivity index (χ4n) is 2.52. The van der Waals surface area contributed by atoms with Crippen LogP contribution in [-0.4, -0.2) is 24.3 Å². The van der Waals surface area contributed by atoms with E-state index in [1.807, 2.05) is 0 Å². The smallest absolute Gasteiger partial charge is 0.349 e. The van der Waals surface area contributed by atoms with Gasteiger partial charge in [-0.05, 0) is 42.1 Å². The van der Waals surface area contributed by atoms with E-state index in [4.69, 9.17) is 16.3 Å². The van der Waals surface area contributed by atoms with Gasteiger partial charge >= 0.3 is 5.97 Å². The summed E-state index contributed by atoms with van der Waals surface area (Å²) in [6, 6.07) is 15.1. The number of rotatable bonds is 6. The minimum atomic E-state index is -0.556. The quantitative estimate of drug-likeness (QED) is 0.468. The van der Waals surface area contributed by atoms with Gasteiger partial charge in [0.15, 0.2) is 12.4 Å². The third kappa shape index (κ3) is 4.65. The van der Waals surface area contributed by atoms with Crippen molar-refractivity contribution in [2.75, 3.05) is 11.9 Å². The average Bonchev–Trinajstić information content (AvgIpc) is 3.13. The van der Waals surface area contributed by atoms with Crippen molar-refractivity contribution >= 4 is 46.3 Å². The lowest BCUT2D eigenvalue weighted by atomic mass is 10.0. The number of ketones is 1. The minimum absolute atomic E-state index is 0.257. The molecular weight excluding hydrogens is 398 g/mol. The Bertz CT molecular complexity index is 1030. The van der Waals surface area contributed by atoms with Crippen LogP contribution in [0.25, 0.3) is 0 Å². The largest absolute Gasteiger partial charge is 0.451 e. The van der Waals surface area contributed by atoms with Crippen molar-refractivity contribution in [3.63, 3.8) is 0 Å². The topological polar surface area (TPSA) is 72.5 Å². The highest BCUT2D eigenvalue weighted by Crippen LogP contribution is 2.24. The molecule has 0 aliphatic carbocycles. The molecule has 5 nitrogen and oxygen atoms in total. The maximum absolute atomic E-state index is 12.8. The van der Waals surface area contributed by atoms with E-state index in [0.717, 1.165) is 5.56 Å². The molecule has 0 aliphatic heterocycles. The van der Waals surface area contributed by atoms with Gasteiger partial charge < -0.3 is 10.1 Å². The lowest BCUT2D eigenvalue weighted by molar-refractivity contribution is -0.119. The molecular formula is C21H16ClNO4S.